The summed E-state index contributed by atoms with van der Waals surface area (Å²) in [6.45, 7) is 5.58. The summed E-state index contributed by atoms with van der Waals surface area (Å²) in [4.78, 5) is 0. The second-order valence-corrected chi connectivity index (χ2v) is 5.61. The normalized spacial score (nSPS) is 25.6. The van der Waals surface area contributed by atoms with Gasteiger partial charge in [0.25, 0.3) is 0 Å². The van der Waals surface area contributed by atoms with Gasteiger partial charge in [-0.1, -0.05) is 6.42 Å². The van der Waals surface area contributed by atoms with Crippen LogP contribution in [0.2, 0.25) is 0 Å². The van der Waals surface area contributed by atoms with Gasteiger partial charge in [-0.25, -0.2) is 0 Å². The summed E-state index contributed by atoms with van der Waals surface area (Å²) in [5.74, 6) is 1.13. The third-order valence-corrected chi connectivity index (χ3v) is 4.26. The Labute approximate surface area is 109 Å². The molecule has 2 N–H and O–H groups in total. The van der Waals surface area contributed by atoms with E-state index in [2.05, 4.69) is 30.5 Å². The smallest absolute Gasteiger partial charge is 0.0641 e. The van der Waals surface area contributed by atoms with Crippen LogP contribution in [0.3, 0.4) is 0 Å². The van der Waals surface area contributed by atoms with E-state index in [1.165, 1.54) is 24.8 Å². The summed E-state index contributed by atoms with van der Waals surface area (Å²) in [7, 11) is 1.96. The summed E-state index contributed by atoms with van der Waals surface area (Å²) in [6, 6.07) is 0.332. The van der Waals surface area contributed by atoms with E-state index in [-0.39, 0.29) is 0 Å². The number of nitrogens with one attached hydrogen (secondary N) is 1. The van der Waals surface area contributed by atoms with E-state index in [1.54, 1.807) is 0 Å². The van der Waals surface area contributed by atoms with Gasteiger partial charge < -0.3 is 10.4 Å². The van der Waals surface area contributed by atoms with Crippen LogP contribution in [0, 0.1) is 18.8 Å². The molecule has 0 aliphatic heterocycles. The first-order chi connectivity index (χ1) is 8.61. The third-order valence-electron chi connectivity index (χ3n) is 4.26. The zero-order valence-corrected chi connectivity index (χ0v) is 11.7. The molecule has 4 heteroatoms. The Hall–Kier alpha value is -0.870. The van der Waals surface area contributed by atoms with Crippen molar-refractivity contribution in [2.45, 2.75) is 39.2 Å². The average molecular weight is 251 g/mol. The highest BCUT2D eigenvalue weighted by Gasteiger charge is 2.26. The molecule has 1 aromatic heterocycles. The van der Waals surface area contributed by atoms with E-state index in [0.29, 0.717) is 24.5 Å². The minimum absolute atomic E-state index is 0.332. The highest BCUT2D eigenvalue weighted by atomic mass is 16.3. The van der Waals surface area contributed by atoms with Gasteiger partial charge in [0, 0.05) is 31.5 Å². The number of hydrogen-bond donors (Lipinski definition) is 2. The molecule has 0 amide bonds. The molecular weight excluding hydrogens is 226 g/mol. The minimum Gasteiger partial charge on any atom is -0.396 e. The van der Waals surface area contributed by atoms with Crippen LogP contribution in [-0.4, -0.2) is 28.0 Å². The Morgan fingerprint density at radius 2 is 2.22 bits per heavy atom. The maximum atomic E-state index is 9.33. The molecule has 3 atom stereocenters. The number of aryl methyl sites for hydroxylation is 2. The van der Waals surface area contributed by atoms with E-state index >= 15 is 0 Å². The van der Waals surface area contributed by atoms with E-state index in [4.69, 9.17) is 0 Å². The molecule has 4 nitrogen and oxygen atoms in total. The molecule has 3 unspecified atom stereocenters. The minimum atomic E-state index is 0.332. The lowest BCUT2D eigenvalue weighted by molar-refractivity contribution is 0.190. The van der Waals surface area contributed by atoms with Crippen molar-refractivity contribution in [1.82, 2.24) is 15.1 Å². The fourth-order valence-corrected chi connectivity index (χ4v) is 3.10. The molecule has 0 bridgehead atoms. The summed E-state index contributed by atoms with van der Waals surface area (Å²) in [5.41, 5.74) is 2.37. The van der Waals surface area contributed by atoms with E-state index in [9.17, 15) is 5.11 Å². The molecule has 1 aromatic rings. The largest absolute Gasteiger partial charge is 0.396 e. The highest BCUT2D eigenvalue weighted by molar-refractivity contribution is 5.19. The number of nitrogens with zero attached hydrogens (tertiary/aromatic N) is 2. The second-order valence-electron chi connectivity index (χ2n) is 5.61. The second kappa shape index (κ2) is 5.85. The Kier molecular flexibility index (Phi) is 4.40. The van der Waals surface area contributed by atoms with Crippen LogP contribution < -0.4 is 5.32 Å². The van der Waals surface area contributed by atoms with Crippen molar-refractivity contribution in [3.05, 3.63) is 17.5 Å². The van der Waals surface area contributed by atoms with E-state index < -0.39 is 0 Å². The molecule has 102 valence electrons. The molecule has 0 saturated heterocycles. The summed E-state index contributed by atoms with van der Waals surface area (Å²) >= 11 is 0. The number of hydrogen-bond acceptors (Lipinski definition) is 3. The van der Waals surface area contributed by atoms with Crippen molar-refractivity contribution in [3.63, 3.8) is 0 Å². The molecule has 2 rings (SSSR count). The first kappa shape index (κ1) is 13.6. The predicted octanol–water partition coefficient (Wildman–Crippen LogP) is 1.79. The average Bonchev–Trinajstić information content (AvgIpc) is 2.92. The molecule has 1 saturated carbocycles. The Bertz CT molecular complexity index is 388. The monoisotopic (exact) mass is 251 g/mol. The zero-order valence-electron chi connectivity index (χ0n) is 11.7. The van der Waals surface area contributed by atoms with Crippen molar-refractivity contribution < 1.29 is 5.11 Å². The number of rotatable bonds is 5. The fraction of sp³-hybridized carbons (Fsp3) is 0.786. The summed E-state index contributed by atoms with van der Waals surface area (Å²) in [6.07, 6.45) is 5.78. The Morgan fingerprint density at radius 3 is 2.83 bits per heavy atom. The van der Waals surface area contributed by atoms with Gasteiger partial charge in [0.05, 0.1) is 5.69 Å². The van der Waals surface area contributed by atoms with Gasteiger partial charge in [-0.3, -0.25) is 4.68 Å². The summed E-state index contributed by atoms with van der Waals surface area (Å²) in [5, 5.41) is 17.3. The Balaban J connectivity index is 1.88. The molecule has 1 aliphatic rings. The van der Waals surface area contributed by atoms with Gasteiger partial charge in [0.1, 0.15) is 0 Å². The molecule has 1 heterocycles. The lowest BCUT2D eigenvalue weighted by atomic mass is 9.96. The van der Waals surface area contributed by atoms with Crippen LogP contribution in [0.25, 0.3) is 0 Å². The first-order valence-electron chi connectivity index (χ1n) is 6.96. The fourth-order valence-electron chi connectivity index (χ4n) is 3.10. The first-order valence-corrected chi connectivity index (χ1v) is 6.96. The standard InChI is InChI=1S/C14H25N3O/c1-10(14-8-17(3)16-11(14)2)15-7-12-5-4-6-13(12)9-18/h8,10,12-13,15,18H,4-7,9H2,1-3H3. The van der Waals surface area contributed by atoms with Crippen LogP contribution in [0.1, 0.15) is 43.5 Å². The molecule has 1 fully saturated rings. The number of aliphatic hydroxyl groups excluding tert-OH is 1. The third kappa shape index (κ3) is 2.93. The van der Waals surface area contributed by atoms with Crippen molar-refractivity contribution in [2.24, 2.45) is 18.9 Å². The van der Waals surface area contributed by atoms with Gasteiger partial charge in [-0.15, -0.1) is 0 Å². The molecule has 0 spiro atoms. The van der Waals surface area contributed by atoms with Crippen LogP contribution in [0.4, 0.5) is 0 Å². The maximum absolute atomic E-state index is 9.33. The SMILES string of the molecule is Cc1nn(C)cc1C(C)NCC1CCCC1CO. The molecule has 1 aliphatic carbocycles. The molecule has 0 radical (unpaired) electrons. The van der Waals surface area contributed by atoms with Crippen molar-refractivity contribution in [3.8, 4) is 0 Å². The van der Waals surface area contributed by atoms with Crippen LogP contribution in [0.15, 0.2) is 6.20 Å². The van der Waals surface area contributed by atoms with Crippen LogP contribution >= 0.6 is 0 Å². The number of aromatic nitrogens is 2. The molecule has 0 aromatic carbocycles. The Morgan fingerprint density at radius 1 is 1.50 bits per heavy atom. The molecular formula is C14H25N3O. The van der Waals surface area contributed by atoms with Gasteiger partial charge in [0.15, 0.2) is 0 Å². The van der Waals surface area contributed by atoms with Crippen LogP contribution in [0.5, 0.6) is 0 Å². The predicted molar refractivity (Wildman–Crippen MR) is 72.3 cm³/mol. The van der Waals surface area contributed by atoms with E-state index in [1.807, 2.05) is 11.7 Å². The lowest BCUT2D eigenvalue weighted by Crippen LogP contribution is -2.29. The highest BCUT2D eigenvalue weighted by Crippen LogP contribution is 2.31. The summed E-state index contributed by atoms with van der Waals surface area (Å²) < 4.78 is 1.87. The topological polar surface area (TPSA) is 50.1 Å². The van der Waals surface area contributed by atoms with Gasteiger partial charge in [-0.2, -0.15) is 5.10 Å². The van der Waals surface area contributed by atoms with Gasteiger partial charge in [0.2, 0.25) is 0 Å². The van der Waals surface area contributed by atoms with Crippen molar-refractivity contribution >= 4 is 0 Å². The van der Waals surface area contributed by atoms with Gasteiger partial charge in [-0.05, 0) is 45.1 Å². The van der Waals surface area contributed by atoms with Crippen molar-refractivity contribution in [1.29, 1.82) is 0 Å². The van der Waals surface area contributed by atoms with Crippen molar-refractivity contribution in [2.75, 3.05) is 13.2 Å². The number of aliphatic hydroxyl groups is 1. The van der Waals surface area contributed by atoms with Gasteiger partial charge >= 0.3 is 0 Å². The van der Waals surface area contributed by atoms with Crippen LogP contribution in [-0.2, 0) is 7.05 Å². The zero-order chi connectivity index (χ0) is 13.1. The quantitative estimate of drug-likeness (QED) is 0.839. The van der Waals surface area contributed by atoms with E-state index in [0.717, 1.165) is 12.2 Å². The molecule has 18 heavy (non-hydrogen) atoms. The maximum Gasteiger partial charge on any atom is 0.0641 e. The lowest BCUT2D eigenvalue weighted by Gasteiger charge is -2.21.